The van der Waals surface area contributed by atoms with Crippen LogP contribution in [0.3, 0.4) is 0 Å². The summed E-state index contributed by atoms with van der Waals surface area (Å²) in [5, 5.41) is 13.3. The Balaban J connectivity index is 1.81. The third-order valence-corrected chi connectivity index (χ3v) is 8.83. The molecule has 1 aromatic carbocycles. The molecule has 1 saturated heterocycles. The number of esters is 2. The SMILES string of the molecule is CC(C)CCOC(=O)C[C@H](NP(=O)(OC[C@H]1O[C@@H](n2cc(/C=C/Br)c(=O)[nH]c2=O)C[C@@H]1O)Oc1ccccc1)C(=O)OCCC(C)C. The summed E-state index contributed by atoms with van der Waals surface area (Å²) in [7, 11) is -4.48. The average Bonchev–Trinajstić information content (AvgIpc) is 3.37. The van der Waals surface area contributed by atoms with Gasteiger partial charge in [0.25, 0.3) is 5.56 Å². The fraction of sp³-hybridized carbons (Fsp3) is 0.548. The number of carbonyl (C=O) groups is 2. The number of aromatic amines is 1. The lowest BCUT2D eigenvalue weighted by molar-refractivity contribution is -0.152. The third-order valence-electron chi connectivity index (χ3n) is 7.00. The van der Waals surface area contributed by atoms with Crippen LogP contribution >= 0.6 is 23.7 Å². The van der Waals surface area contributed by atoms with Crippen molar-refractivity contribution < 1.29 is 42.5 Å². The number of benzene rings is 1. The van der Waals surface area contributed by atoms with E-state index in [1.54, 1.807) is 18.2 Å². The Labute approximate surface area is 281 Å². The van der Waals surface area contributed by atoms with Gasteiger partial charge < -0.3 is 23.8 Å². The number of para-hydroxylation sites is 1. The van der Waals surface area contributed by atoms with Crippen LogP contribution in [-0.2, 0) is 32.9 Å². The second kappa shape index (κ2) is 18.5. The Bertz CT molecular complexity index is 1510. The lowest BCUT2D eigenvalue weighted by Gasteiger charge is -2.26. The summed E-state index contributed by atoms with van der Waals surface area (Å²) in [5.74, 6) is -0.905. The molecule has 1 aliphatic rings. The largest absolute Gasteiger partial charge is 0.466 e. The summed E-state index contributed by atoms with van der Waals surface area (Å²) in [6.45, 7) is 7.58. The van der Waals surface area contributed by atoms with Gasteiger partial charge in [0.2, 0.25) is 0 Å². The number of hydrogen-bond acceptors (Lipinski definition) is 11. The first kappa shape index (κ1) is 38.4. The van der Waals surface area contributed by atoms with Crippen LogP contribution in [0.25, 0.3) is 6.08 Å². The van der Waals surface area contributed by atoms with Gasteiger partial charge in [-0.3, -0.25) is 28.5 Å². The summed E-state index contributed by atoms with van der Waals surface area (Å²) >= 11 is 3.09. The highest BCUT2D eigenvalue weighted by molar-refractivity contribution is 9.11. The van der Waals surface area contributed by atoms with Crippen LogP contribution in [0, 0.1) is 11.8 Å². The number of ether oxygens (including phenoxy) is 3. The zero-order chi connectivity index (χ0) is 34.6. The molecule has 47 heavy (non-hydrogen) atoms. The summed E-state index contributed by atoms with van der Waals surface area (Å²) in [6, 6.07) is 6.57. The van der Waals surface area contributed by atoms with Crippen LogP contribution in [0.15, 0.2) is 51.1 Å². The molecule has 0 spiro atoms. The quantitative estimate of drug-likeness (QED) is 0.146. The van der Waals surface area contributed by atoms with Crippen molar-refractivity contribution in [2.75, 3.05) is 19.8 Å². The summed E-state index contributed by atoms with van der Waals surface area (Å²) in [6.07, 6.45) is 0.0811. The molecule has 14 nitrogen and oxygen atoms in total. The first-order valence-electron chi connectivity index (χ1n) is 15.3. The molecule has 3 N–H and O–H groups in total. The van der Waals surface area contributed by atoms with Gasteiger partial charge in [0.1, 0.15) is 24.1 Å². The van der Waals surface area contributed by atoms with Gasteiger partial charge in [0.05, 0.1) is 37.9 Å². The maximum absolute atomic E-state index is 14.2. The molecule has 0 aliphatic carbocycles. The molecule has 1 unspecified atom stereocenters. The lowest BCUT2D eigenvalue weighted by Crippen LogP contribution is -2.40. The van der Waals surface area contributed by atoms with Crippen LogP contribution < -0.4 is 20.9 Å². The Morgan fingerprint density at radius 1 is 1.13 bits per heavy atom. The smallest absolute Gasteiger partial charge is 0.459 e. The predicted octanol–water partition coefficient (Wildman–Crippen LogP) is 4.28. The number of rotatable bonds is 18. The zero-order valence-electron chi connectivity index (χ0n) is 26.8. The summed E-state index contributed by atoms with van der Waals surface area (Å²) in [5.41, 5.74) is -1.19. The van der Waals surface area contributed by atoms with E-state index < -0.39 is 68.4 Å². The maximum Gasteiger partial charge on any atom is 0.459 e. The van der Waals surface area contributed by atoms with Crippen molar-refractivity contribution in [2.45, 2.75) is 77.9 Å². The van der Waals surface area contributed by atoms with Crippen LogP contribution in [-0.4, -0.2) is 64.7 Å². The van der Waals surface area contributed by atoms with Gasteiger partial charge in [-0.05, 0) is 47.9 Å². The van der Waals surface area contributed by atoms with Crippen molar-refractivity contribution in [2.24, 2.45) is 11.8 Å². The highest BCUT2D eigenvalue weighted by atomic mass is 79.9. The summed E-state index contributed by atoms with van der Waals surface area (Å²) in [4.78, 5) is 54.1. The molecule has 0 amide bonds. The van der Waals surface area contributed by atoms with Crippen molar-refractivity contribution in [1.82, 2.24) is 14.6 Å². The number of H-pyrrole nitrogens is 1. The van der Waals surface area contributed by atoms with E-state index in [0.29, 0.717) is 12.8 Å². The van der Waals surface area contributed by atoms with E-state index in [9.17, 15) is 28.8 Å². The van der Waals surface area contributed by atoms with Gasteiger partial charge in [0, 0.05) is 12.6 Å². The number of aromatic nitrogens is 2. The number of aliphatic hydroxyl groups is 1. The van der Waals surface area contributed by atoms with Gasteiger partial charge in [-0.1, -0.05) is 61.8 Å². The second-order valence-corrected chi connectivity index (χ2v) is 14.0. The van der Waals surface area contributed by atoms with Gasteiger partial charge >= 0.3 is 25.4 Å². The van der Waals surface area contributed by atoms with E-state index in [2.05, 4.69) is 26.0 Å². The second-order valence-electron chi connectivity index (χ2n) is 11.8. The number of carbonyl (C=O) groups excluding carboxylic acids is 2. The standard InChI is InChI=1S/C31H43BrN3O11P/c1-20(2)11-14-42-28(37)16-24(30(39)43-15-12-21(3)4)34-47(41,46-23-8-6-5-7-9-23)44-19-26-25(36)17-27(45-26)35-18-22(10-13-32)29(38)33-31(35)40/h5-10,13,18,20-21,24-27,36H,11-12,14-17,19H2,1-4H3,(H,34,41)(H,33,38,40)/b13-10+/t24-,25-,26+,27+,47?/m0/s1. The van der Waals surface area contributed by atoms with Crippen molar-refractivity contribution >= 4 is 41.7 Å². The van der Waals surface area contributed by atoms with Crippen LogP contribution in [0.5, 0.6) is 5.75 Å². The molecule has 2 aromatic rings. The van der Waals surface area contributed by atoms with E-state index in [4.69, 9.17) is 23.3 Å². The topological polar surface area (TPSA) is 184 Å². The van der Waals surface area contributed by atoms with Crippen LogP contribution in [0.4, 0.5) is 0 Å². The van der Waals surface area contributed by atoms with Crippen molar-refractivity contribution in [3.63, 3.8) is 0 Å². The molecular weight excluding hydrogens is 701 g/mol. The summed E-state index contributed by atoms with van der Waals surface area (Å²) < 4.78 is 43.3. The predicted molar refractivity (Wildman–Crippen MR) is 177 cm³/mol. The first-order chi connectivity index (χ1) is 22.3. The Kier molecular flexibility index (Phi) is 15.1. The third kappa shape index (κ3) is 12.5. The zero-order valence-corrected chi connectivity index (χ0v) is 29.3. The normalized spacial score (nSPS) is 20.0. The van der Waals surface area contributed by atoms with E-state index in [-0.39, 0.29) is 42.8 Å². The Hall–Kier alpha value is -3.07. The monoisotopic (exact) mass is 743 g/mol. The van der Waals surface area contributed by atoms with Crippen molar-refractivity contribution in [1.29, 1.82) is 0 Å². The highest BCUT2D eigenvalue weighted by Gasteiger charge is 2.41. The molecule has 0 bridgehead atoms. The highest BCUT2D eigenvalue weighted by Crippen LogP contribution is 2.46. The lowest BCUT2D eigenvalue weighted by atomic mass is 10.1. The molecule has 3 rings (SSSR count). The minimum absolute atomic E-state index is 0.0538. The minimum atomic E-state index is -4.48. The van der Waals surface area contributed by atoms with Gasteiger partial charge in [0.15, 0.2) is 0 Å². The Morgan fingerprint density at radius 2 is 1.79 bits per heavy atom. The van der Waals surface area contributed by atoms with Gasteiger partial charge in [-0.2, -0.15) is 5.09 Å². The molecule has 1 fully saturated rings. The fourth-order valence-corrected chi connectivity index (χ4v) is 6.11. The number of nitrogens with one attached hydrogen (secondary N) is 2. The molecule has 1 aromatic heterocycles. The minimum Gasteiger partial charge on any atom is -0.466 e. The molecule has 16 heteroatoms. The molecule has 0 saturated carbocycles. The average molecular weight is 745 g/mol. The van der Waals surface area contributed by atoms with Gasteiger partial charge in [-0.15, -0.1) is 0 Å². The number of hydrogen-bond donors (Lipinski definition) is 3. The van der Waals surface area contributed by atoms with Gasteiger partial charge in [-0.25, -0.2) is 9.36 Å². The molecular formula is C31H43BrN3O11P. The number of nitrogens with zero attached hydrogens (tertiary/aromatic N) is 1. The molecule has 260 valence electrons. The van der Waals surface area contributed by atoms with Crippen LogP contribution in [0.1, 0.15) is 65.2 Å². The molecule has 2 heterocycles. The van der Waals surface area contributed by atoms with E-state index >= 15 is 0 Å². The molecule has 1 aliphatic heterocycles. The first-order valence-corrected chi connectivity index (χ1v) is 17.8. The maximum atomic E-state index is 14.2. The number of aliphatic hydroxyl groups excluding tert-OH is 1. The molecule has 5 atom stereocenters. The number of halogens is 1. The fourth-order valence-electron chi connectivity index (χ4n) is 4.32. The van der Waals surface area contributed by atoms with E-state index in [0.717, 1.165) is 4.57 Å². The van der Waals surface area contributed by atoms with Crippen molar-refractivity contribution in [3.8, 4) is 5.75 Å². The van der Waals surface area contributed by atoms with E-state index in [1.807, 2.05) is 27.7 Å². The molecule has 0 radical (unpaired) electrons. The van der Waals surface area contributed by atoms with Crippen molar-refractivity contribution in [3.05, 3.63) is 67.9 Å². The van der Waals surface area contributed by atoms with Crippen LogP contribution in [0.2, 0.25) is 0 Å². The Morgan fingerprint density at radius 3 is 2.43 bits per heavy atom. The van der Waals surface area contributed by atoms with E-state index in [1.165, 1.54) is 29.4 Å².